The predicted octanol–water partition coefficient (Wildman–Crippen LogP) is 5.96. The first kappa shape index (κ1) is 21.4. The van der Waals surface area contributed by atoms with Gasteiger partial charge in [-0.25, -0.2) is 0 Å². The summed E-state index contributed by atoms with van der Waals surface area (Å²) in [5.74, 6) is 6.38. The summed E-state index contributed by atoms with van der Waals surface area (Å²) in [5, 5.41) is 11.1. The van der Waals surface area contributed by atoms with Gasteiger partial charge >= 0.3 is 5.82 Å². The highest BCUT2D eigenvalue weighted by molar-refractivity contribution is 14.2. The van der Waals surface area contributed by atoms with Gasteiger partial charge in [-0.1, -0.05) is 24.0 Å². The number of benzene rings is 1. The Morgan fingerprint density at radius 2 is 2.14 bits per heavy atom. The second kappa shape index (κ2) is 9.97. The van der Waals surface area contributed by atoms with Crippen LogP contribution in [0.25, 0.3) is 0 Å². The maximum Gasteiger partial charge on any atom is 0.406 e. The molecular weight excluding hydrogens is 558 g/mol. The van der Waals surface area contributed by atoms with E-state index >= 15 is 0 Å². The van der Waals surface area contributed by atoms with Crippen molar-refractivity contribution < 1.29 is 14.2 Å². The average molecular weight is 575 g/mol. The number of ether oxygens (including phenoxy) is 1. The molecule has 1 saturated carbocycles. The molecule has 0 aliphatic heterocycles. The zero-order chi connectivity index (χ0) is 20.0. The fraction of sp³-hybridized carbons (Fsp3) is 0.316. The minimum absolute atomic E-state index is 0.122. The van der Waals surface area contributed by atoms with Crippen LogP contribution in [0.5, 0.6) is 5.75 Å². The van der Waals surface area contributed by atoms with Crippen molar-refractivity contribution in [2.24, 2.45) is 0 Å². The second-order valence-electron chi connectivity index (χ2n) is 6.35. The number of hydrogen-bond acceptors (Lipinski definition) is 5. The van der Waals surface area contributed by atoms with E-state index in [1.165, 1.54) is 6.20 Å². The van der Waals surface area contributed by atoms with E-state index in [4.69, 9.17) is 9.26 Å². The van der Waals surface area contributed by atoms with E-state index in [2.05, 4.69) is 54.8 Å². The third-order valence-corrected chi connectivity index (χ3v) is 5.94. The van der Waals surface area contributed by atoms with Crippen molar-refractivity contribution in [3.8, 4) is 17.6 Å². The summed E-state index contributed by atoms with van der Waals surface area (Å²) in [6.45, 7) is 0.576. The first-order valence-corrected chi connectivity index (χ1v) is 13.4. The van der Waals surface area contributed by atoms with Crippen LogP contribution in [-0.4, -0.2) is 15.5 Å². The molecule has 0 N–H and O–H groups in total. The van der Waals surface area contributed by atoms with Crippen LogP contribution in [0, 0.1) is 22.0 Å². The summed E-state index contributed by atoms with van der Waals surface area (Å²) < 4.78 is 12.2. The summed E-state index contributed by atoms with van der Waals surface area (Å²) in [5.41, 5.74) is 1.42. The van der Waals surface area contributed by atoms with Crippen molar-refractivity contribution in [3.63, 3.8) is 0 Å². The number of rotatable bonds is 6. The molecule has 1 heterocycles. The Labute approximate surface area is 186 Å². The van der Waals surface area contributed by atoms with Gasteiger partial charge in [0.1, 0.15) is 12.2 Å². The van der Waals surface area contributed by atoms with Crippen molar-refractivity contribution in [2.75, 3.05) is 0 Å². The van der Waals surface area contributed by atoms with Crippen LogP contribution in [0.4, 0.5) is 5.82 Å². The van der Waals surface area contributed by atoms with Crippen molar-refractivity contribution in [2.45, 2.75) is 37.9 Å². The molecular formula is C19H17BrIN2O4P. The van der Waals surface area contributed by atoms with Crippen molar-refractivity contribution in [1.82, 2.24) is 4.98 Å². The lowest BCUT2D eigenvalue weighted by Crippen LogP contribution is -2.22. The van der Waals surface area contributed by atoms with Crippen LogP contribution in [0.1, 0.15) is 36.8 Å². The third-order valence-electron chi connectivity index (χ3n) is 4.37. The van der Waals surface area contributed by atoms with Crippen LogP contribution in [0.15, 0.2) is 41.0 Å². The van der Waals surface area contributed by atoms with Crippen LogP contribution in [-0.2, 0) is 11.1 Å². The van der Waals surface area contributed by atoms with Crippen LogP contribution in [0.2, 0.25) is 0 Å². The smallest absolute Gasteiger partial charge is 0.406 e. The molecule has 1 aliphatic carbocycles. The van der Waals surface area contributed by atoms with E-state index in [-0.39, 0.29) is 23.8 Å². The Balaban J connectivity index is 1.74. The maximum absolute atomic E-state index is 11.1. The van der Waals surface area contributed by atoms with Crippen molar-refractivity contribution in [3.05, 3.63) is 62.2 Å². The minimum Gasteiger partial charge on any atom is -0.481 e. The third kappa shape index (κ3) is 5.63. The van der Waals surface area contributed by atoms with Gasteiger partial charge in [-0.2, -0.15) is 0 Å². The molecule has 0 radical (unpaired) electrons. The summed E-state index contributed by atoms with van der Waals surface area (Å²) in [6, 6.07) is 9.21. The normalized spacial score (nSPS) is 15.4. The molecule has 0 saturated heterocycles. The highest BCUT2D eigenvalue weighted by Gasteiger charge is 2.32. The molecule has 28 heavy (non-hydrogen) atoms. The van der Waals surface area contributed by atoms with Crippen LogP contribution >= 0.6 is 44.4 Å². The standard InChI is InChI=1S/C19H17BrIN2O4P/c20-16-11-17(18(22-12-16)23(24)25)26-13-15-5-3-4-14(10-15)6-9-19(27-28-21)7-1-2-8-19/h3-5,10-12,28H,1-2,7-8,13H2. The summed E-state index contributed by atoms with van der Waals surface area (Å²) in [7, 11) is 0. The molecule has 1 fully saturated rings. The number of hydrogen-bond donors (Lipinski definition) is 0. The maximum atomic E-state index is 11.1. The van der Waals surface area contributed by atoms with Gasteiger partial charge in [0.25, 0.3) is 0 Å². The number of nitro groups is 1. The Morgan fingerprint density at radius 1 is 1.36 bits per heavy atom. The van der Waals surface area contributed by atoms with Crippen molar-refractivity contribution >= 4 is 50.2 Å². The molecule has 1 atom stereocenters. The quantitative estimate of drug-likeness (QED) is 0.140. The summed E-state index contributed by atoms with van der Waals surface area (Å²) in [4.78, 5) is 14.4. The Bertz CT molecular complexity index is 926. The number of halogens is 2. The van der Waals surface area contributed by atoms with E-state index in [9.17, 15) is 10.1 Å². The first-order valence-electron chi connectivity index (χ1n) is 8.60. The number of nitrogens with zero attached hydrogens (tertiary/aromatic N) is 2. The topological polar surface area (TPSA) is 74.5 Å². The fourth-order valence-corrected chi connectivity index (χ4v) is 4.99. The van der Waals surface area contributed by atoms with E-state index in [0.29, 0.717) is 10.9 Å². The Hall–Kier alpha value is -1.27. The van der Waals surface area contributed by atoms with Gasteiger partial charge in [-0.15, -0.1) is 0 Å². The molecule has 3 rings (SSSR count). The van der Waals surface area contributed by atoms with Gasteiger partial charge < -0.3 is 19.4 Å². The molecule has 0 spiro atoms. The molecule has 146 valence electrons. The van der Waals surface area contributed by atoms with Gasteiger partial charge in [0.15, 0.2) is 6.20 Å². The second-order valence-corrected chi connectivity index (χ2v) is 8.95. The average Bonchev–Trinajstić information content (AvgIpc) is 3.14. The van der Waals surface area contributed by atoms with E-state index in [1.54, 1.807) is 6.07 Å². The molecule has 2 aromatic rings. The molecule has 0 bridgehead atoms. The lowest BCUT2D eigenvalue weighted by atomic mass is 10.0. The minimum atomic E-state index is -0.557. The highest BCUT2D eigenvalue weighted by atomic mass is 127. The Kier molecular flexibility index (Phi) is 7.63. The molecule has 9 heteroatoms. The van der Waals surface area contributed by atoms with Crippen molar-refractivity contribution in [1.29, 1.82) is 0 Å². The zero-order valence-corrected chi connectivity index (χ0v) is 19.5. The Morgan fingerprint density at radius 3 is 2.86 bits per heavy atom. The van der Waals surface area contributed by atoms with Gasteiger partial charge in [-0.05, 0) is 91.3 Å². The first-order chi connectivity index (χ1) is 13.5. The lowest BCUT2D eigenvalue weighted by Gasteiger charge is -2.21. The molecule has 1 aromatic carbocycles. The predicted molar refractivity (Wildman–Crippen MR) is 121 cm³/mol. The van der Waals surface area contributed by atoms with Crippen LogP contribution in [0.3, 0.4) is 0 Å². The largest absolute Gasteiger partial charge is 0.481 e. The highest BCUT2D eigenvalue weighted by Crippen LogP contribution is 2.40. The summed E-state index contributed by atoms with van der Waals surface area (Å²) in [6.07, 6.45) is 5.60. The SMILES string of the molecule is O=[N+]([O-])c1ncc(Br)cc1OCc1cccc(C#CC2(OPI)CCCC2)c1. The molecule has 1 aliphatic rings. The summed E-state index contributed by atoms with van der Waals surface area (Å²) >= 11 is 5.50. The van der Waals surface area contributed by atoms with E-state index in [1.807, 2.05) is 24.3 Å². The molecule has 1 aromatic heterocycles. The molecule has 0 amide bonds. The van der Waals surface area contributed by atoms with Gasteiger partial charge in [-0.3, -0.25) is 0 Å². The molecule has 6 nitrogen and oxygen atoms in total. The van der Waals surface area contributed by atoms with E-state index in [0.717, 1.165) is 36.8 Å². The molecule has 1 unspecified atom stereocenters. The number of aromatic nitrogens is 1. The van der Waals surface area contributed by atoms with Gasteiger partial charge in [0.05, 0.1) is 10.9 Å². The van der Waals surface area contributed by atoms with E-state index < -0.39 is 4.92 Å². The number of pyridine rings is 1. The monoisotopic (exact) mass is 574 g/mol. The van der Waals surface area contributed by atoms with Gasteiger partial charge in [0.2, 0.25) is 5.75 Å². The fourth-order valence-electron chi connectivity index (χ4n) is 3.02. The lowest BCUT2D eigenvalue weighted by molar-refractivity contribution is -0.390. The van der Waals surface area contributed by atoms with Gasteiger partial charge in [0, 0.05) is 11.6 Å². The zero-order valence-electron chi connectivity index (χ0n) is 14.8. The van der Waals surface area contributed by atoms with Crippen LogP contribution < -0.4 is 4.74 Å².